The minimum absolute atomic E-state index is 0.0270. The lowest BCUT2D eigenvalue weighted by molar-refractivity contribution is -0.117. The van der Waals surface area contributed by atoms with Crippen LogP contribution in [0.4, 0.5) is 5.69 Å². The fourth-order valence-corrected chi connectivity index (χ4v) is 1.93. The molecule has 7 nitrogen and oxygen atoms in total. The van der Waals surface area contributed by atoms with E-state index in [0.717, 1.165) is 0 Å². The third-order valence-corrected chi connectivity index (χ3v) is 3.01. The molecule has 0 unspecified atom stereocenters. The first-order valence-electron chi connectivity index (χ1n) is 7.05. The van der Waals surface area contributed by atoms with Crippen molar-refractivity contribution in [3.8, 4) is 0 Å². The van der Waals surface area contributed by atoms with E-state index in [9.17, 15) is 19.2 Å². The van der Waals surface area contributed by atoms with Crippen molar-refractivity contribution in [1.29, 1.82) is 0 Å². The summed E-state index contributed by atoms with van der Waals surface area (Å²) in [4.78, 5) is 47.1. The van der Waals surface area contributed by atoms with Crippen LogP contribution in [-0.2, 0) is 9.59 Å². The summed E-state index contributed by atoms with van der Waals surface area (Å²) in [5, 5.41) is 2.47. The van der Waals surface area contributed by atoms with E-state index in [1.165, 1.54) is 19.1 Å². The number of amides is 3. The molecule has 3 N–H and O–H groups in total. The van der Waals surface area contributed by atoms with E-state index in [0.29, 0.717) is 5.56 Å². The highest BCUT2D eigenvalue weighted by Gasteiger charge is 2.20. The van der Waals surface area contributed by atoms with Crippen LogP contribution in [0.5, 0.6) is 0 Å². The summed E-state index contributed by atoms with van der Waals surface area (Å²) in [6.45, 7) is 1.29. The monoisotopic (exact) mass is 325 g/mol. The Kier molecular flexibility index (Phi) is 5.40. The van der Waals surface area contributed by atoms with Gasteiger partial charge in [-0.15, -0.1) is 0 Å². The Labute approximate surface area is 138 Å². The number of para-hydroxylation sites is 1. The number of ketones is 1. The van der Waals surface area contributed by atoms with Crippen LogP contribution < -0.4 is 16.2 Å². The summed E-state index contributed by atoms with van der Waals surface area (Å²) in [6, 6.07) is 14.3. The van der Waals surface area contributed by atoms with E-state index in [-0.39, 0.29) is 17.2 Å². The minimum atomic E-state index is -1.02. The Morgan fingerprint density at radius 2 is 1.42 bits per heavy atom. The van der Waals surface area contributed by atoms with Gasteiger partial charge >= 0.3 is 5.91 Å². The van der Waals surface area contributed by atoms with Crippen molar-refractivity contribution >= 4 is 29.2 Å². The Bertz CT molecular complexity index is 787. The van der Waals surface area contributed by atoms with Crippen LogP contribution in [0, 0.1) is 0 Å². The number of rotatable bonds is 4. The molecular formula is C17H15N3O4. The zero-order chi connectivity index (χ0) is 17.5. The molecule has 2 aromatic rings. The quantitative estimate of drug-likeness (QED) is 0.447. The van der Waals surface area contributed by atoms with Gasteiger partial charge in [0, 0.05) is 12.5 Å². The first-order chi connectivity index (χ1) is 11.5. The van der Waals surface area contributed by atoms with E-state index in [4.69, 9.17) is 0 Å². The molecule has 2 aromatic carbocycles. The fourth-order valence-electron chi connectivity index (χ4n) is 1.93. The average molecular weight is 325 g/mol. The lowest BCUT2D eigenvalue weighted by atomic mass is 10.1. The SMILES string of the molecule is CC(=O)Nc1ccccc1C(=O)C(=O)NNC(=O)c1ccccc1. The number of benzene rings is 2. The van der Waals surface area contributed by atoms with Crippen molar-refractivity contribution in [2.75, 3.05) is 5.32 Å². The summed E-state index contributed by atoms with van der Waals surface area (Å²) in [7, 11) is 0. The third kappa shape index (κ3) is 4.26. The molecule has 0 aromatic heterocycles. The number of hydrogen-bond donors (Lipinski definition) is 3. The summed E-state index contributed by atoms with van der Waals surface area (Å²) in [5.74, 6) is -2.82. The van der Waals surface area contributed by atoms with Gasteiger partial charge in [-0.3, -0.25) is 30.0 Å². The molecule has 0 radical (unpaired) electrons. The molecule has 0 atom stereocenters. The molecule has 0 heterocycles. The molecule has 0 aliphatic rings. The van der Waals surface area contributed by atoms with E-state index < -0.39 is 17.6 Å². The Balaban J connectivity index is 2.04. The third-order valence-electron chi connectivity index (χ3n) is 3.01. The van der Waals surface area contributed by atoms with E-state index in [1.807, 2.05) is 0 Å². The first-order valence-corrected chi connectivity index (χ1v) is 7.05. The highest BCUT2D eigenvalue weighted by Crippen LogP contribution is 2.15. The number of Topliss-reactive ketones (excluding diaryl/α,β-unsaturated/α-hetero) is 1. The molecular weight excluding hydrogens is 310 g/mol. The van der Waals surface area contributed by atoms with Crippen molar-refractivity contribution in [1.82, 2.24) is 10.9 Å². The second kappa shape index (κ2) is 7.68. The predicted molar refractivity (Wildman–Crippen MR) is 87.1 cm³/mol. The van der Waals surface area contributed by atoms with Gasteiger partial charge in [0.15, 0.2) is 0 Å². The molecule has 3 amide bonds. The van der Waals surface area contributed by atoms with Crippen LogP contribution >= 0.6 is 0 Å². The smallest absolute Gasteiger partial charge is 0.310 e. The van der Waals surface area contributed by atoms with Crippen LogP contribution in [0.15, 0.2) is 54.6 Å². The van der Waals surface area contributed by atoms with Gasteiger partial charge in [0.05, 0.1) is 11.3 Å². The zero-order valence-corrected chi connectivity index (χ0v) is 12.8. The first kappa shape index (κ1) is 16.9. The number of anilines is 1. The van der Waals surface area contributed by atoms with Gasteiger partial charge in [-0.25, -0.2) is 0 Å². The van der Waals surface area contributed by atoms with Gasteiger partial charge in [0.1, 0.15) is 0 Å². The van der Waals surface area contributed by atoms with Crippen molar-refractivity contribution in [2.24, 2.45) is 0 Å². The molecule has 24 heavy (non-hydrogen) atoms. The number of hydrogen-bond acceptors (Lipinski definition) is 4. The fraction of sp³-hybridized carbons (Fsp3) is 0.0588. The summed E-state index contributed by atoms with van der Waals surface area (Å²) >= 11 is 0. The minimum Gasteiger partial charge on any atom is -0.326 e. The van der Waals surface area contributed by atoms with Gasteiger partial charge in [0.2, 0.25) is 5.91 Å². The Hall–Kier alpha value is -3.48. The lowest BCUT2D eigenvalue weighted by Crippen LogP contribution is -2.45. The topological polar surface area (TPSA) is 104 Å². The van der Waals surface area contributed by atoms with Crippen molar-refractivity contribution < 1.29 is 19.2 Å². The van der Waals surface area contributed by atoms with Gasteiger partial charge < -0.3 is 5.32 Å². The highest BCUT2D eigenvalue weighted by atomic mass is 16.2. The van der Waals surface area contributed by atoms with Crippen molar-refractivity contribution in [2.45, 2.75) is 6.92 Å². The average Bonchev–Trinajstić information content (AvgIpc) is 2.59. The zero-order valence-electron chi connectivity index (χ0n) is 12.8. The van der Waals surface area contributed by atoms with Gasteiger partial charge in [-0.2, -0.15) is 0 Å². The number of carbonyl (C=O) groups excluding carboxylic acids is 4. The van der Waals surface area contributed by atoms with Crippen LogP contribution in [0.2, 0.25) is 0 Å². The lowest BCUT2D eigenvalue weighted by Gasteiger charge is -2.10. The summed E-state index contributed by atoms with van der Waals surface area (Å²) in [5.41, 5.74) is 4.81. The second-order valence-electron chi connectivity index (χ2n) is 4.83. The van der Waals surface area contributed by atoms with Crippen LogP contribution in [0.1, 0.15) is 27.6 Å². The van der Waals surface area contributed by atoms with Crippen LogP contribution in [0.25, 0.3) is 0 Å². The van der Waals surface area contributed by atoms with E-state index >= 15 is 0 Å². The molecule has 2 rings (SSSR count). The number of carbonyl (C=O) groups is 4. The van der Waals surface area contributed by atoms with Crippen molar-refractivity contribution in [3.63, 3.8) is 0 Å². The highest BCUT2D eigenvalue weighted by molar-refractivity contribution is 6.44. The molecule has 0 spiro atoms. The largest absolute Gasteiger partial charge is 0.326 e. The number of nitrogens with one attached hydrogen (secondary N) is 3. The van der Waals surface area contributed by atoms with Gasteiger partial charge in [-0.05, 0) is 24.3 Å². The summed E-state index contributed by atoms with van der Waals surface area (Å²) < 4.78 is 0. The predicted octanol–water partition coefficient (Wildman–Crippen LogP) is 1.29. The normalized spacial score (nSPS) is 9.71. The summed E-state index contributed by atoms with van der Waals surface area (Å²) in [6.07, 6.45) is 0. The maximum absolute atomic E-state index is 12.2. The Morgan fingerprint density at radius 3 is 2.08 bits per heavy atom. The standard InChI is InChI=1S/C17H15N3O4/c1-11(21)18-14-10-6-5-9-13(14)15(22)17(24)20-19-16(23)12-7-3-2-4-8-12/h2-10H,1H3,(H,18,21)(H,19,23)(H,20,24). The van der Waals surface area contributed by atoms with E-state index in [2.05, 4.69) is 16.2 Å². The molecule has 0 saturated heterocycles. The molecule has 122 valence electrons. The van der Waals surface area contributed by atoms with Gasteiger partial charge in [0.25, 0.3) is 11.7 Å². The van der Waals surface area contributed by atoms with Crippen LogP contribution in [-0.4, -0.2) is 23.5 Å². The maximum Gasteiger partial charge on any atom is 0.310 e. The van der Waals surface area contributed by atoms with Crippen molar-refractivity contribution in [3.05, 3.63) is 65.7 Å². The van der Waals surface area contributed by atoms with E-state index in [1.54, 1.807) is 42.5 Å². The molecule has 0 fully saturated rings. The number of hydrazine groups is 1. The molecule has 0 saturated carbocycles. The molecule has 0 bridgehead atoms. The van der Waals surface area contributed by atoms with Crippen LogP contribution in [0.3, 0.4) is 0 Å². The molecule has 0 aliphatic carbocycles. The molecule has 0 aliphatic heterocycles. The molecule has 7 heteroatoms. The Morgan fingerprint density at radius 1 is 0.792 bits per heavy atom. The second-order valence-corrected chi connectivity index (χ2v) is 4.83. The van der Waals surface area contributed by atoms with Gasteiger partial charge in [-0.1, -0.05) is 30.3 Å². The maximum atomic E-state index is 12.2.